The monoisotopic (exact) mass is 614 g/mol. The summed E-state index contributed by atoms with van der Waals surface area (Å²) in [5, 5.41) is 9.90. The molecule has 0 aliphatic carbocycles. The molecule has 44 heavy (non-hydrogen) atoms. The Kier molecular flexibility index (Phi) is 14.1. The first-order valence-corrected chi connectivity index (χ1v) is 15.0. The van der Waals surface area contributed by atoms with Gasteiger partial charge in [0.2, 0.25) is 0 Å². The first-order valence-electron chi connectivity index (χ1n) is 15.0. The summed E-state index contributed by atoms with van der Waals surface area (Å²) in [4.78, 5) is 21.2. The zero-order valence-electron chi connectivity index (χ0n) is 26.7. The molecule has 4 rings (SSSR count). The molecule has 240 valence electrons. The number of amides is 1. The number of anilines is 2. The number of carbonyl (C=O) groups is 1. The number of fused-ring (bicyclic) bond motifs is 1. The lowest BCUT2D eigenvalue weighted by atomic mass is 10.0. The summed E-state index contributed by atoms with van der Waals surface area (Å²) in [6.07, 6.45) is 5.59. The summed E-state index contributed by atoms with van der Waals surface area (Å²) >= 11 is 0. The molecule has 0 spiro atoms. The van der Waals surface area contributed by atoms with Gasteiger partial charge in [0.15, 0.2) is 17.2 Å². The van der Waals surface area contributed by atoms with Crippen molar-refractivity contribution in [2.24, 2.45) is 5.73 Å². The molecule has 1 aromatic carbocycles. The first kappa shape index (κ1) is 36.0. The molecule has 12 heteroatoms. The number of alkyl halides is 3. The van der Waals surface area contributed by atoms with Crippen molar-refractivity contribution in [3.63, 3.8) is 0 Å². The maximum Gasteiger partial charge on any atom is 0.435 e. The molecule has 0 aliphatic rings. The lowest BCUT2D eigenvalue weighted by molar-refractivity contribution is -0.141. The molecule has 0 saturated heterocycles. The molecule has 0 bridgehead atoms. The van der Waals surface area contributed by atoms with E-state index in [9.17, 15) is 18.0 Å². The Morgan fingerprint density at radius 2 is 1.80 bits per heavy atom. The van der Waals surface area contributed by atoms with Gasteiger partial charge in [-0.15, -0.1) is 0 Å². The van der Waals surface area contributed by atoms with Gasteiger partial charge < -0.3 is 16.4 Å². The van der Waals surface area contributed by atoms with E-state index in [1.807, 2.05) is 47.6 Å². The minimum atomic E-state index is -4.63. The minimum absolute atomic E-state index is 0.0694. The Balaban J connectivity index is 0.00000104. The molecule has 3 heterocycles. The summed E-state index contributed by atoms with van der Waals surface area (Å²) in [5.74, 6) is 0.244. The van der Waals surface area contributed by atoms with E-state index in [0.29, 0.717) is 35.7 Å². The average molecular weight is 615 g/mol. The summed E-state index contributed by atoms with van der Waals surface area (Å²) < 4.78 is 44.5. The van der Waals surface area contributed by atoms with Gasteiger partial charge in [0, 0.05) is 36.4 Å². The SMILES string of the molecule is CC.CCCN.CCCNC(=O)c1ccc(Nc2nccn3c(-c4cn(CC=C(C)C)nc4C(F)(F)F)cnc23)cc1CC. The number of hydrogen-bond donors (Lipinski definition) is 3. The molecule has 0 atom stereocenters. The van der Waals surface area contributed by atoms with Crippen molar-refractivity contribution in [1.82, 2.24) is 29.5 Å². The quantitative estimate of drug-likeness (QED) is 0.160. The maximum absolute atomic E-state index is 13.9. The lowest BCUT2D eigenvalue weighted by Crippen LogP contribution is -2.25. The van der Waals surface area contributed by atoms with E-state index in [2.05, 4.69) is 32.6 Å². The number of aromatic nitrogens is 5. The second kappa shape index (κ2) is 17.2. The van der Waals surface area contributed by atoms with Crippen LogP contribution < -0.4 is 16.4 Å². The Hall–Kier alpha value is -4.19. The molecule has 1 amide bonds. The summed E-state index contributed by atoms with van der Waals surface area (Å²) in [6.45, 7) is 15.4. The van der Waals surface area contributed by atoms with E-state index in [1.54, 1.807) is 28.8 Å². The van der Waals surface area contributed by atoms with Crippen LogP contribution in [0.5, 0.6) is 0 Å². The largest absolute Gasteiger partial charge is 0.435 e. The van der Waals surface area contributed by atoms with Crippen LogP contribution >= 0.6 is 0 Å². The normalized spacial score (nSPS) is 10.8. The first-order chi connectivity index (χ1) is 21.0. The van der Waals surface area contributed by atoms with Gasteiger partial charge in [0.25, 0.3) is 5.91 Å². The van der Waals surface area contributed by atoms with E-state index < -0.39 is 11.9 Å². The van der Waals surface area contributed by atoms with E-state index in [1.165, 1.54) is 23.3 Å². The van der Waals surface area contributed by atoms with Crippen molar-refractivity contribution in [3.05, 3.63) is 71.5 Å². The van der Waals surface area contributed by atoms with Crippen LogP contribution in [0.15, 0.2) is 54.6 Å². The Labute approximate surface area is 257 Å². The summed E-state index contributed by atoms with van der Waals surface area (Å²) in [7, 11) is 0. The number of imidazole rings is 1. The Bertz CT molecular complexity index is 1520. The molecule has 0 radical (unpaired) electrons. The van der Waals surface area contributed by atoms with Gasteiger partial charge in [0.1, 0.15) is 0 Å². The van der Waals surface area contributed by atoms with Crippen LogP contribution in [0.4, 0.5) is 24.7 Å². The lowest BCUT2D eigenvalue weighted by Gasteiger charge is -2.12. The third kappa shape index (κ3) is 9.40. The minimum Gasteiger partial charge on any atom is -0.352 e. The van der Waals surface area contributed by atoms with Crippen molar-refractivity contribution < 1.29 is 18.0 Å². The molecule has 0 aliphatic heterocycles. The zero-order chi connectivity index (χ0) is 32.9. The second-order valence-electron chi connectivity index (χ2n) is 9.90. The highest BCUT2D eigenvalue weighted by atomic mass is 19.4. The van der Waals surface area contributed by atoms with E-state index in [-0.39, 0.29) is 23.7 Å². The molecular weight excluding hydrogens is 569 g/mol. The van der Waals surface area contributed by atoms with Crippen LogP contribution in [0.1, 0.15) is 82.9 Å². The summed E-state index contributed by atoms with van der Waals surface area (Å²) in [5.41, 5.74) is 7.72. The van der Waals surface area contributed by atoms with Gasteiger partial charge in [-0.2, -0.15) is 18.3 Å². The van der Waals surface area contributed by atoms with Gasteiger partial charge in [-0.3, -0.25) is 13.9 Å². The molecule has 3 aromatic heterocycles. The van der Waals surface area contributed by atoms with Gasteiger partial charge in [-0.25, -0.2) is 9.97 Å². The predicted molar refractivity (Wildman–Crippen MR) is 171 cm³/mol. The fourth-order valence-electron chi connectivity index (χ4n) is 4.05. The number of carbonyl (C=O) groups excluding carboxylic acids is 1. The molecule has 4 N–H and O–H groups in total. The molecule has 0 saturated carbocycles. The standard InChI is InChI=1S/C27H30F3N7O.C3H9N.C2H6/c1-5-10-32-26(38)20-8-7-19(14-18(20)6-2)34-24-25-33-15-22(37(25)13-11-31-24)21-16-36(12-9-17(3)4)35-23(21)27(28,29)30;1-2-3-4;1-2/h7-9,11,13-16H,5-6,10,12H2,1-4H3,(H,31,34)(H,32,38);2-4H2,1H3;1-2H3. The number of nitrogens with one attached hydrogen (secondary N) is 2. The number of allylic oxidation sites excluding steroid dienone is 2. The average Bonchev–Trinajstić information content (AvgIpc) is 3.65. The number of halogens is 3. The molecule has 0 unspecified atom stereocenters. The topological polar surface area (TPSA) is 115 Å². The molecular formula is C32H45F3N8O. The van der Waals surface area contributed by atoms with Gasteiger partial charge in [0.05, 0.1) is 24.0 Å². The number of aryl methyl sites for hydroxylation is 1. The number of nitrogens with zero attached hydrogens (tertiary/aromatic N) is 5. The van der Waals surface area contributed by atoms with Crippen molar-refractivity contribution in [2.45, 2.75) is 80.4 Å². The second-order valence-corrected chi connectivity index (χ2v) is 9.90. The van der Waals surface area contributed by atoms with Crippen LogP contribution in [0.25, 0.3) is 16.9 Å². The number of benzene rings is 1. The smallest absolute Gasteiger partial charge is 0.352 e. The van der Waals surface area contributed by atoms with Crippen molar-refractivity contribution in [2.75, 3.05) is 18.4 Å². The van der Waals surface area contributed by atoms with E-state index >= 15 is 0 Å². The van der Waals surface area contributed by atoms with Crippen molar-refractivity contribution in [1.29, 1.82) is 0 Å². The highest BCUT2D eigenvalue weighted by Gasteiger charge is 2.38. The van der Waals surface area contributed by atoms with Gasteiger partial charge in [-0.05, 0) is 63.4 Å². The fraction of sp³-hybridized carbons (Fsp3) is 0.438. The summed E-state index contributed by atoms with van der Waals surface area (Å²) in [6, 6.07) is 5.38. The van der Waals surface area contributed by atoms with E-state index in [0.717, 1.165) is 30.5 Å². The van der Waals surface area contributed by atoms with Crippen LogP contribution in [-0.4, -0.2) is 43.1 Å². The Morgan fingerprint density at radius 3 is 2.39 bits per heavy atom. The van der Waals surface area contributed by atoms with Crippen LogP contribution in [0.3, 0.4) is 0 Å². The number of nitrogens with two attached hydrogens (primary N) is 1. The van der Waals surface area contributed by atoms with Gasteiger partial charge >= 0.3 is 6.18 Å². The molecule has 9 nitrogen and oxygen atoms in total. The maximum atomic E-state index is 13.9. The number of rotatable bonds is 10. The van der Waals surface area contributed by atoms with Crippen molar-refractivity contribution in [3.8, 4) is 11.3 Å². The number of hydrogen-bond acceptors (Lipinski definition) is 6. The highest BCUT2D eigenvalue weighted by Crippen LogP contribution is 2.37. The third-order valence-electron chi connectivity index (χ3n) is 6.24. The van der Waals surface area contributed by atoms with Crippen LogP contribution in [0.2, 0.25) is 0 Å². The fourth-order valence-corrected chi connectivity index (χ4v) is 4.05. The highest BCUT2D eigenvalue weighted by molar-refractivity contribution is 5.96. The van der Waals surface area contributed by atoms with Gasteiger partial charge in [-0.1, -0.05) is 46.3 Å². The van der Waals surface area contributed by atoms with E-state index in [4.69, 9.17) is 5.73 Å². The van der Waals surface area contributed by atoms with Crippen LogP contribution in [0, 0.1) is 0 Å². The zero-order valence-corrected chi connectivity index (χ0v) is 26.7. The molecule has 0 fully saturated rings. The third-order valence-corrected chi connectivity index (χ3v) is 6.24. The van der Waals surface area contributed by atoms with Crippen molar-refractivity contribution >= 4 is 23.1 Å². The predicted octanol–water partition coefficient (Wildman–Crippen LogP) is 7.40. The van der Waals surface area contributed by atoms with Crippen LogP contribution in [-0.2, 0) is 19.1 Å². The molecule has 4 aromatic rings. The Morgan fingerprint density at radius 1 is 1.09 bits per heavy atom.